The molecule has 1 saturated heterocycles. The summed E-state index contributed by atoms with van der Waals surface area (Å²) in [7, 11) is 1.39. The number of benzene rings is 2. The molecule has 1 fully saturated rings. The first-order chi connectivity index (χ1) is 11.2. The summed E-state index contributed by atoms with van der Waals surface area (Å²) in [6.07, 6.45) is 0.616. The molecule has 4 heteroatoms. The van der Waals surface area contributed by atoms with Crippen LogP contribution in [0.25, 0.3) is 0 Å². The molecule has 0 spiro atoms. The molecule has 1 aliphatic rings. The lowest BCUT2D eigenvalue weighted by Gasteiger charge is -2.28. The predicted molar refractivity (Wildman–Crippen MR) is 86.8 cm³/mol. The Labute approximate surface area is 135 Å². The van der Waals surface area contributed by atoms with Crippen molar-refractivity contribution in [2.45, 2.75) is 12.5 Å². The fraction of sp³-hybridized carbons (Fsp3) is 0.263. The Bertz CT molecular complexity index is 684. The van der Waals surface area contributed by atoms with E-state index in [-0.39, 0.29) is 23.8 Å². The Hall–Kier alpha value is -2.62. The van der Waals surface area contributed by atoms with Gasteiger partial charge >= 0.3 is 5.97 Å². The van der Waals surface area contributed by atoms with E-state index in [0.717, 1.165) is 5.56 Å². The Morgan fingerprint density at radius 1 is 1.00 bits per heavy atom. The first-order valence-electron chi connectivity index (χ1n) is 7.71. The predicted octanol–water partition coefficient (Wildman–Crippen LogP) is 3.06. The fourth-order valence-corrected chi connectivity index (χ4v) is 3.23. The van der Waals surface area contributed by atoms with Gasteiger partial charge in [-0.2, -0.15) is 0 Å². The summed E-state index contributed by atoms with van der Waals surface area (Å²) in [4.78, 5) is 26.8. The minimum absolute atomic E-state index is 0.0501. The normalized spacial score (nSPS) is 20.3. The minimum Gasteiger partial charge on any atom is -0.469 e. The molecular weight excluding hydrogens is 290 g/mol. The van der Waals surface area contributed by atoms with Crippen LogP contribution in [0.2, 0.25) is 0 Å². The highest BCUT2D eigenvalue weighted by Crippen LogP contribution is 2.38. The highest BCUT2D eigenvalue weighted by Gasteiger charge is 2.42. The summed E-state index contributed by atoms with van der Waals surface area (Å²) in [5, 5.41) is 0. The number of carbonyl (C=O) groups excluding carboxylic acids is 2. The second-order valence-electron chi connectivity index (χ2n) is 5.64. The highest BCUT2D eigenvalue weighted by molar-refractivity contribution is 5.95. The second kappa shape index (κ2) is 6.65. The molecule has 2 atom stereocenters. The van der Waals surface area contributed by atoms with Gasteiger partial charge in [-0.1, -0.05) is 48.5 Å². The number of esters is 1. The maximum atomic E-state index is 12.9. The number of hydrogen-bond acceptors (Lipinski definition) is 3. The first-order valence-corrected chi connectivity index (χ1v) is 7.71. The van der Waals surface area contributed by atoms with Crippen molar-refractivity contribution in [2.24, 2.45) is 5.92 Å². The van der Waals surface area contributed by atoms with Crippen molar-refractivity contribution in [1.82, 2.24) is 4.90 Å². The third kappa shape index (κ3) is 2.97. The summed E-state index contributed by atoms with van der Waals surface area (Å²) in [6, 6.07) is 18.6. The Morgan fingerprint density at radius 3 is 2.22 bits per heavy atom. The SMILES string of the molecule is COC(=O)C1CCN(C(=O)c2ccccc2)C1c1ccccc1. The molecule has 0 saturated carbocycles. The van der Waals surface area contributed by atoms with Crippen molar-refractivity contribution in [1.29, 1.82) is 0 Å². The standard InChI is InChI=1S/C19H19NO3/c1-23-19(22)16-12-13-20(17(16)14-8-4-2-5-9-14)18(21)15-10-6-3-7-11-15/h2-11,16-17H,12-13H2,1H3. The van der Waals surface area contributed by atoms with Crippen LogP contribution >= 0.6 is 0 Å². The zero-order valence-corrected chi connectivity index (χ0v) is 13.0. The average Bonchev–Trinajstić information content (AvgIpc) is 3.07. The van der Waals surface area contributed by atoms with Gasteiger partial charge in [0.25, 0.3) is 5.91 Å². The lowest BCUT2D eigenvalue weighted by Crippen LogP contribution is -2.34. The lowest BCUT2D eigenvalue weighted by atomic mass is 9.93. The smallest absolute Gasteiger partial charge is 0.311 e. The van der Waals surface area contributed by atoms with E-state index in [1.165, 1.54) is 7.11 Å². The quantitative estimate of drug-likeness (QED) is 0.819. The zero-order chi connectivity index (χ0) is 16.2. The van der Waals surface area contributed by atoms with Crippen molar-refractivity contribution in [3.8, 4) is 0 Å². The van der Waals surface area contributed by atoms with Crippen LogP contribution in [0.1, 0.15) is 28.4 Å². The molecule has 0 aliphatic carbocycles. The molecule has 2 aromatic rings. The van der Waals surface area contributed by atoms with Crippen LogP contribution in [0, 0.1) is 5.92 Å². The zero-order valence-electron chi connectivity index (χ0n) is 13.0. The largest absolute Gasteiger partial charge is 0.469 e. The molecule has 2 unspecified atom stereocenters. The number of rotatable bonds is 3. The molecular formula is C19H19NO3. The van der Waals surface area contributed by atoms with Crippen LogP contribution in [0.15, 0.2) is 60.7 Å². The van der Waals surface area contributed by atoms with Crippen LogP contribution in [0.5, 0.6) is 0 Å². The van der Waals surface area contributed by atoms with Gasteiger partial charge in [-0.3, -0.25) is 9.59 Å². The molecule has 23 heavy (non-hydrogen) atoms. The van der Waals surface area contributed by atoms with E-state index >= 15 is 0 Å². The molecule has 1 amide bonds. The van der Waals surface area contributed by atoms with E-state index in [1.807, 2.05) is 48.5 Å². The van der Waals surface area contributed by atoms with Crippen molar-refractivity contribution in [2.75, 3.05) is 13.7 Å². The molecule has 4 nitrogen and oxygen atoms in total. The maximum absolute atomic E-state index is 12.9. The average molecular weight is 309 g/mol. The van der Waals surface area contributed by atoms with E-state index in [2.05, 4.69) is 0 Å². The van der Waals surface area contributed by atoms with Crippen LogP contribution in [-0.4, -0.2) is 30.4 Å². The van der Waals surface area contributed by atoms with Gasteiger partial charge in [-0.05, 0) is 24.1 Å². The first kappa shape index (κ1) is 15.3. The summed E-state index contributed by atoms with van der Waals surface area (Å²) >= 11 is 0. The minimum atomic E-state index is -0.324. The lowest BCUT2D eigenvalue weighted by molar-refractivity contribution is -0.146. The fourth-order valence-electron chi connectivity index (χ4n) is 3.23. The van der Waals surface area contributed by atoms with E-state index in [1.54, 1.807) is 17.0 Å². The molecule has 0 N–H and O–H groups in total. The Morgan fingerprint density at radius 2 is 1.61 bits per heavy atom. The van der Waals surface area contributed by atoms with E-state index in [9.17, 15) is 9.59 Å². The van der Waals surface area contributed by atoms with Crippen molar-refractivity contribution < 1.29 is 14.3 Å². The Kier molecular flexibility index (Phi) is 4.42. The van der Waals surface area contributed by atoms with Crippen molar-refractivity contribution >= 4 is 11.9 Å². The van der Waals surface area contributed by atoms with Crippen LogP contribution < -0.4 is 0 Å². The van der Waals surface area contributed by atoms with Crippen LogP contribution in [-0.2, 0) is 9.53 Å². The van der Waals surface area contributed by atoms with Gasteiger partial charge in [-0.25, -0.2) is 0 Å². The summed E-state index contributed by atoms with van der Waals surface area (Å²) < 4.78 is 4.94. The van der Waals surface area contributed by atoms with Crippen molar-refractivity contribution in [3.05, 3.63) is 71.8 Å². The van der Waals surface area contributed by atoms with E-state index in [0.29, 0.717) is 18.5 Å². The number of hydrogen-bond donors (Lipinski definition) is 0. The molecule has 0 bridgehead atoms. The monoisotopic (exact) mass is 309 g/mol. The number of likely N-dealkylation sites (tertiary alicyclic amines) is 1. The molecule has 0 radical (unpaired) electrons. The van der Waals surface area contributed by atoms with Gasteiger partial charge in [0.05, 0.1) is 19.1 Å². The molecule has 118 valence electrons. The van der Waals surface area contributed by atoms with Crippen molar-refractivity contribution in [3.63, 3.8) is 0 Å². The topological polar surface area (TPSA) is 46.6 Å². The summed E-state index contributed by atoms with van der Waals surface area (Å²) in [5.41, 5.74) is 1.60. The van der Waals surface area contributed by atoms with E-state index in [4.69, 9.17) is 4.74 Å². The molecule has 3 rings (SSSR count). The van der Waals surface area contributed by atoms with Gasteiger partial charge < -0.3 is 9.64 Å². The summed E-state index contributed by atoms with van der Waals surface area (Å²) in [6.45, 7) is 0.549. The molecule has 1 aliphatic heterocycles. The van der Waals surface area contributed by atoms with Gasteiger partial charge in [0.1, 0.15) is 0 Å². The van der Waals surface area contributed by atoms with Gasteiger partial charge in [-0.15, -0.1) is 0 Å². The maximum Gasteiger partial charge on any atom is 0.311 e. The van der Waals surface area contributed by atoms with Crippen LogP contribution in [0.3, 0.4) is 0 Å². The number of amides is 1. The second-order valence-corrected chi connectivity index (χ2v) is 5.64. The van der Waals surface area contributed by atoms with Crippen LogP contribution in [0.4, 0.5) is 0 Å². The van der Waals surface area contributed by atoms with E-state index < -0.39 is 0 Å². The summed E-state index contributed by atoms with van der Waals surface area (Å²) in [5.74, 6) is -0.636. The third-order valence-electron chi connectivity index (χ3n) is 4.32. The van der Waals surface area contributed by atoms with Gasteiger partial charge in [0.2, 0.25) is 0 Å². The Balaban J connectivity index is 1.96. The van der Waals surface area contributed by atoms with Gasteiger partial charge in [0, 0.05) is 12.1 Å². The molecule has 1 heterocycles. The number of ether oxygens (including phenoxy) is 1. The number of methoxy groups -OCH3 is 1. The molecule has 0 aromatic heterocycles. The highest BCUT2D eigenvalue weighted by atomic mass is 16.5. The van der Waals surface area contributed by atoms with Gasteiger partial charge in [0.15, 0.2) is 0 Å². The molecule has 2 aromatic carbocycles. The third-order valence-corrected chi connectivity index (χ3v) is 4.32. The number of carbonyl (C=O) groups is 2. The number of nitrogens with zero attached hydrogens (tertiary/aromatic N) is 1.